The highest BCUT2D eigenvalue weighted by Gasteiger charge is 2.42. The molecular formula is C13H27BO2. The van der Waals surface area contributed by atoms with Crippen LogP contribution < -0.4 is 0 Å². The topological polar surface area (TPSA) is 18.5 Å². The zero-order chi connectivity index (χ0) is 12.0. The predicted molar refractivity (Wildman–Crippen MR) is 69.4 cm³/mol. The molecule has 1 aliphatic rings. The van der Waals surface area contributed by atoms with Crippen LogP contribution in [0.3, 0.4) is 0 Å². The van der Waals surface area contributed by atoms with Gasteiger partial charge in [-0.25, -0.2) is 0 Å². The maximum absolute atomic E-state index is 5.71. The molecule has 0 aromatic rings. The SMILES string of the molecule is CCCCCCCCB1OC(C(C)(C)C)O1. The molecule has 1 heterocycles. The summed E-state index contributed by atoms with van der Waals surface area (Å²) in [6.07, 6.45) is 9.09. The maximum atomic E-state index is 5.71. The van der Waals surface area contributed by atoms with Crippen molar-refractivity contribution in [3.8, 4) is 0 Å². The van der Waals surface area contributed by atoms with Crippen LogP contribution in [0.5, 0.6) is 0 Å². The van der Waals surface area contributed by atoms with Gasteiger partial charge in [-0.15, -0.1) is 0 Å². The Balaban J connectivity index is 1.90. The van der Waals surface area contributed by atoms with Gasteiger partial charge in [-0.1, -0.05) is 66.2 Å². The summed E-state index contributed by atoms with van der Waals surface area (Å²) in [6.45, 7) is 8.71. The van der Waals surface area contributed by atoms with Crippen LogP contribution >= 0.6 is 0 Å². The van der Waals surface area contributed by atoms with Crippen LogP contribution in [0.4, 0.5) is 0 Å². The minimum absolute atomic E-state index is 0.0117. The first-order valence-corrected chi connectivity index (χ1v) is 6.85. The molecule has 0 aromatic carbocycles. The summed E-state index contributed by atoms with van der Waals surface area (Å²) >= 11 is 0. The van der Waals surface area contributed by atoms with E-state index in [2.05, 4.69) is 27.7 Å². The minimum atomic E-state index is 0.0117. The molecule has 0 N–H and O–H groups in total. The van der Waals surface area contributed by atoms with Crippen LogP contribution in [0.15, 0.2) is 0 Å². The molecule has 1 aliphatic heterocycles. The van der Waals surface area contributed by atoms with Crippen LogP contribution in [-0.2, 0) is 9.31 Å². The fraction of sp³-hybridized carbons (Fsp3) is 1.00. The summed E-state index contributed by atoms with van der Waals surface area (Å²) in [6, 6.07) is 0. The summed E-state index contributed by atoms with van der Waals surface area (Å²) in [4.78, 5) is 0. The molecule has 0 atom stereocenters. The Morgan fingerprint density at radius 1 is 0.938 bits per heavy atom. The van der Waals surface area contributed by atoms with E-state index in [-0.39, 0.29) is 18.8 Å². The van der Waals surface area contributed by atoms with Crippen LogP contribution in [0.1, 0.15) is 66.2 Å². The van der Waals surface area contributed by atoms with Crippen molar-refractivity contribution in [1.82, 2.24) is 0 Å². The van der Waals surface area contributed by atoms with E-state index in [0.717, 1.165) is 6.32 Å². The van der Waals surface area contributed by atoms with Crippen LogP contribution in [0.2, 0.25) is 6.32 Å². The molecule has 0 radical (unpaired) electrons. The van der Waals surface area contributed by atoms with Crippen molar-refractivity contribution in [3.63, 3.8) is 0 Å². The molecule has 94 valence electrons. The molecule has 0 amide bonds. The Hall–Kier alpha value is -0.0151. The number of hydrogen-bond acceptors (Lipinski definition) is 2. The zero-order valence-corrected chi connectivity index (χ0v) is 11.4. The Bertz CT molecular complexity index is 183. The Morgan fingerprint density at radius 2 is 1.50 bits per heavy atom. The van der Waals surface area contributed by atoms with Gasteiger partial charge in [0.05, 0.1) is 0 Å². The van der Waals surface area contributed by atoms with Gasteiger partial charge in [0.1, 0.15) is 6.29 Å². The lowest BCUT2D eigenvalue weighted by molar-refractivity contribution is -0.173. The molecule has 1 rings (SSSR count). The first kappa shape index (κ1) is 14.0. The van der Waals surface area contributed by atoms with E-state index in [9.17, 15) is 0 Å². The van der Waals surface area contributed by atoms with E-state index >= 15 is 0 Å². The first-order chi connectivity index (χ1) is 7.54. The normalized spacial score (nSPS) is 17.6. The van der Waals surface area contributed by atoms with Gasteiger partial charge < -0.3 is 9.31 Å². The highest BCUT2D eigenvalue weighted by atomic mass is 16.8. The van der Waals surface area contributed by atoms with E-state index in [4.69, 9.17) is 9.31 Å². The molecule has 3 heteroatoms. The summed E-state index contributed by atoms with van der Waals surface area (Å²) in [5.41, 5.74) is 0.123. The Kier molecular flexibility index (Phi) is 5.84. The predicted octanol–water partition coefficient (Wildman–Crippen LogP) is 4.25. The van der Waals surface area contributed by atoms with Gasteiger partial charge in [-0.05, 0) is 6.32 Å². The summed E-state index contributed by atoms with van der Waals surface area (Å²) in [5.74, 6) is 0. The van der Waals surface area contributed by atoms with E-state index in [1.807, 2.05) is 0 Å². The van der Waals surface area contributed by atoms with Crippen LogP contribution in [-0.4, -0.2) is 13.4 Å². The van der Waals surface area contributed by atoms with Gasteiger partial charge in [0.15, 0.2) is 0 Å². The molecule has 16 heavy (non-hydrogen) atoms. The van der Waals surface area contributed by atoms with E-state index < -0.39 is 0 Å². The van der Waals surface area contributed by atoms with Gasteiger partial charge in [0.2, 0.25) is 0 Å². The molecule has 0 aromatic heterocycles. The second-order valence-corrected chi connectivity index (χ2v) is 5.96. The fourth-order valence-corrected chi connectivity index (χ4v) is 1.92. The van der Waals surface area contributed by atoms with Crippen molar-refractivity contribution in [2.75, 3.05) is 0 Å². The highest BCUT2D eigenvalue weighted by Crippen LogP contribution is 2.32. The molecule has 2 nitrogen and oxygen atoms in total. The average molecular weight is 226 g/mol. The van der Waals surface area contributed by atoms with E-state index in [1.54, 1.807) is 0 Å². The van der Waals surface area contributed by atoms with Gasteiger partial charge in [0.25, 0.3) is 0 Å². The fourth-order valence-electron chi connectivity index (χ4n) is 1.92. The molecule has 0 aliphatic carbocycles. The highest BCUT2D eigenvalue weighted by molar-refractivity contribution is 6.46. The van der Waals surface area contributed by atoms with Crippen molar-refractivity contribution in [1.29, 1.82) is 0 Å². The third-order valence-corrected chi connectivity index (χ3v) is 3.05. The van der Waals surface area contributed by atoms with Gasteiger partial charge in [-0.3, -0.25) is 0 Å². The van der Waals surface area contributed by atoms with Gasteiger partial charge in [-0.2, -0.15) is 0 Å². The quantitative estimate of drug-likeness (QED) is 0.477. The van der Waals surface area contributed by atoms with Crippen molar-refractivity contribution in [2.45, 2.75) is 78.8 Å². The van der Waals surface area contributed by atoms with Crippen molar-refractivity contribution in [2.24, 2.45) is 5.41 Å². The minimum Gasteiger partial charge on any atom is -0.386 e. The maximum Gasteiger partial charge on any atom is 0.460 e. The molecule has 0 bridgehead atoms. The van der Waals surface area contributed by atoms with Crippen molar-refractivity contribution >= 4 is 7.12 Å². The monoisotopic (exact) mass is 226 g/mol. The van der Waals surface area contributed by atoms with Crippen molar-refractivity contribution < 1.29 is 9.31 Å². The molecule has 1 saturated heterocycles. The number of unbranched alkanes of at least 4 members (excludes halogenated alkanes) is 5. The lowest BCUT2D eigenvalue weighted by atomic mass is 9.76. The van der Waals surface area contributed by atoms with Crippen molar-refractivity contribution in [3.05, 3.63) is 0 Å². The summed E-state index contributed by atoms with van der Waals surface area (Å²) in [5, 5.41) is 0. The second-order valence-electron chi connectivity index (χ2n) is 5.96. The number of rotatable bonds is 7. The third-order valence-electron chi connectivity index (χ3n) is 3.05. The summed E-state index contributed by atoms with van der Waals surface area (Å²) < 4.78 is 11.4. The third kappa shape index (κ3) is 4.88. The zero-order valence-electron chi connectivity index (χ0n) is 11.4. The molecule has 1 fully saturated rings. The lowest BCUT2D eigenvalue weighted by Crippen LogP contribution is -2.51. The Labute approximate surface area is 101 Å². The average Bonchev–Trinajstić information content (AvgIpc) is 2.11. The standard InChI is InChI=1S/C13H27BO2/c1-5-6-7-8-9-10-11-14-15-12(16-14)13(2,3)4/h12H,5-11H2,1-4H3. The Morgan fingerprint density at radius 3 is 2.06 bits per heavy atom. The molecule has 0 saturated carbocycles. The lowest BCUT2D eigenvalue weighted by Gasteiger charge is -2.42. The largest absolute Gasteiger partial charge is 0.460 e. The van der Waals surface area contributed by atoms with Gasteiger partial charge >= 0.3 is 7.12 Å². The first-order valence-electron chi connectivity index (χ1n) is 6.85. The molecule has 0 spiro atoms. The van der Waals surface area contributed by atoms with Crippen LogP contribution in [0.25, 0.3) is 0 Å². The summed E-state index contributed by atoms with van der Waals surface area (Å²) in [7, 11) is 0.0791. The van der Waals surface area contributed by atoms with Crippen LogP contribution in [0, 0.1) is 5.41 Å². The van der Waals surface area contributed by atoms with E-state index in [1.165, 1.54) is 38.5 Å². The second kappa shape index (κ2) is 6.66. The molecular weight excluding hydrogens is 199 g/mol. The van der Waals surface area contributed by atoms with E-state index in [0.29, 0.717) is 0 Å². The molecule has 0 unspecified atom stereocenters. The van der Waals surface area contributed by atoms with Gasteiger partial charge in [0, 0.05) is 5.41 Å². The number of hydrogen-bond donors (Lipinski definition) is 0. The smallest absolute Gasteiger partial charge is 0.386 e.